The van der Waals surface area contributed by atoms with Crippen LogP contribution in [-0.2, 0) is 24.4 Å². The number of carboxylic acid groups (broad SMARTS) is 1. The van der Waals surface area contributed by atoms with E-state index in [1.807, 2.05) is 14.1 Å². The number of benzene rings is 1. The van der Waals surface area contributed by atoms with Crippen molar-refractivity contribution in [3.63, 3.8) is 0 Å². The summed E-state index contributed by atoms with van der Waals surface area (Å²) in [5.74, 6) is -3.51. The molecule has 212 valence electrons. The Morgan fingerprint density at radius 1 is 1.21 bits per heavy atom. The van der Waals surface area contributed by atoms with Crippen molar-refractivity contribution >= 4 is 39.4 Å². The highest BCUT2D eigenvalue weighted by atomic mass is 35.5. The van der Waals surface area contributed by atoms with E-state index in [1.54, 1.807) is 24.8 Å². The number of nitrogens with one attached hydrogen (secondary N) is 1. The fourth-order valence-electron chi connectivity index (χ4n) is 3.98. The Morgan fingerprint density at radius 3 is 2.37 bits per heavy atom. The predicted molar refractivity (Wildman–Crippen MR) is 133 cm³/mol. The van der Waals surface area contributed by atoms with Crippen molar-refractivity contribution < 1.29 is 41.1 Å². The number of sulfonamides is 1. The van der Waals surface area contributed by atoms with Crippen molar-refractivity contribution in [2.75, 3.05) is 27.2 Å². The van der Waals surface area contributed by atoms with Crippen molar-refractivity contribution in [3.8, 4) is 0 Å². The van der Waals surface area contributed by atoms with Crippen LogP contribution in [0, 0.1) is 13.8 Å². The highest BCUT2D eigenvalue weighted by Gasteiger charge is 2.39. The van der Waals surface area contributed by atoms with E-state index in [2.05, 4.69) is 10.2 Å². The monoisotopic (exact) mass is 582 g/mol. The van der Waals surface area contributed by atoms with Crippen LogP contribution in [0.2, 0.25) is 5.02 Å². The number of amides is 2. The molecule has 3 rings (SSSR count). The molecule has 0 aliphatic carbocycles. The number of rotatable bonds is 5. The summed E-state index contributed by atoms with van der Waals surface area (Å²) in [7, 11) is -0.117. The minimum Gasteiger partial charge on any atom is -0.475 e. The third-order valence-electron chi connectivity index (χ3n) is 6.16. The molecule has 15 heteroatoms. The Bertz CT molecular complexity index is 1210. The number of carbonyl (C=O) groups is 3. The number of halogens is 4. The molecule has 1 fully saturated rings. The van der Waals surface area contributed by atoms with E-state index in [4.69, 9.17) is 21.5 Å². The van der Waals surface area contributed by atoms with Crippen molar-refractivity contribution in [3.05, 3.63) is 40.7 Å². The lowest BCUT2D eigenvalue weighted by atomic mass is 10.0. The van der Waals surface area contributed by atoms with Crippen LogP contribution in [0.1, 0.15) is 30.4 Å². The molecular formula is C23H30ClF3N4O6S. The van der Waals surface area contributed by atoms with Crippen LogP contribution in [0.5, 0.6) is 0 Å². The van der Waals surface area contributed by atoms with Crippen molar-refractivity contribution in [2.24, 2.45) is 0 Å². The normalized spacial score (nSPS) is 20.1. The first-order valence-electron chi connectivity index (χ1n) is 11.5. The second kappa shape index (κ2) is 12.3. The molecule has 1 aromatic rings. The van der Waals surface area contributed by atoms with Gasteiger partial charge in [-0.1, -0.05) is 11.6 Å². The maximum Gasteiger partial charge on any atom is 0.490 e. The number of aliphatic carboxylic acids is 1. The molecule has 2 amide bonds. The van der Waals surface area contributed by atoms with Gasteiger partial charge in [-0.25, -0.2) is 13.2 Å². The Kier molecular flexibility index (Phi) is 10.2. The Hall–Kier alpha value is -2.84. The van der Waals surface area contributed by atoms with Gasteiger partial charge in [0, 0.05) is 36.6 Å². The summed E-state index contributed by atoms with van der Waals surface area (Å²) in [6.07, 6.45) is -0.851. The molecule has 0 saturated carbocycles. The molecule has 2 N–H and O–H groups in total. The molecule has 2 aliphatic rings. The second-order valence-corrected chi connectivity index (χ2v) is 11.4. The maximum absolute atomic E-state index is 13.4. The van der Waals surface area contributed by atoms with Gasteiger partial charge in [0.15, 0.2) is 0 Å². The van der Waals surface area contributed by atoms with Gasteiger partial charge in [-0.3, -0.25) is 13.9 Å². The number of hydrogen-bond donors (Lipinski definition) is 2. The van der Waals surface area contributed by atoms with E-state index in [0.717, 1.165) is 17.1 Å². The second-order valence-electron chi connectivity index (χ2n) is 9.15. The summed E-state index contributed by atoms with van der Waals surface area (Å²) >= 11 is 6.12. The van der Waals surface area contributed by atoms with Gasteiger partial charge in [0.1, 0.15) is 6.04 Å². The van der Waals surface area contributed by atoms with Crippen LogP contribution in [-0.4, -0.2) is 90.9 Å². The fraction of sp³-hybridized carbons (Fsp3) is 0.522. The fourth-order valence-corrected chi connectivity index (χ4v) is 5.95. The number of carbonyl (C=O) groups excluding carboxylic acids is 2. The average Bonchev–Trinajstić information content (AvgIpc) is 2.82. The van der Waals surface area contributed by atoms with E-state index >= 15 is 0 Å². The third-order valence-corrected chi connectivity index (χ3v) is 8.49. The molecule has 38 heavy (non-hydrogen) atoms. The minimum absolute atomic E-state index is 0.0665. The molecule has 10 nitrogen and oxygen atoms in total. The zero-order valence-corrected chi connectivity index (χ0v) is 22.8. The zero-order chi connectivity index (χ0) is 29.0. The lowest BCUT2D eigenvalue weighted by Crippen LogP contribution is -2.53. The summed E-state index contributed by atoms with van der Waals surface area (Å²) < 4.78 is 59.6. The quantitative estimate of drug-likeness (QED) is 0.546. The first-order valence-corrected chi connectivity index (χ1v) is 13.3. The van der Waals surface area contributed by atoms with E-state index < -0.39 is 34.1 Å². The van der Waals surface area contributed by atoms with Crippen LogP contribution in [0.15, 0.2) is 29.4 Å². The molecule has 0 unspecified atom stereocenters. The number of carboxylic acids is 1. The highest BCUT2D eigenvalue weighted by molar-refractivity contribution is 7.89. The van der Waals surface area contributed by atoms with Gasteiger partial charge >= 0.3 is 12.1 Å². The van der Waals surface area contributed by atoms with Gasteiger partial charge in [-0.05, 0) is 64.0 Å². The molecule has 2 aliphatic heterocycles. The molecule has 0 radical (unpaired) electrons. The molecule has 1 aromatic carbocycles. The number of nitrogens with zero attached hydrogens (tertiary/aromatic N) is 3. The summed E-state index contributed by atoms with van der Waals surface area (Å²) in [6, 6.07) is 2.18. The first kappa shape index (κ1) is 31.4. The average molecular weight is 583 g/mol. The van der Waals surface area contributed by atoms with Gasteiger partial charge in [-0.2, -0.15) is 13.2 Å². The van der Waals surface area contributed by atoms with E-state index in [-0.39, 0.29) is 23.3 Å². The van der Waals surface area contributed by atoms with Gasteiger partial charge in [-0.15, -0.1) is 0 Å². The number of alkyl halides is 3. The minimum atomic E-state index is -5.08. The molecule has 0 spiro atoms. The Morgan fingerprint density at radius 2 is 1.82 bits per heavy atom. The number of aryl methyl sites for hydroxylation is 2. The highest BCUT2D eigenvalue weighted by Crippen LogP contribution is 2.29. The molecule has 1 saturated heterocycles. The first-order chi connectivity index (χ1) is 17.5. The Balaban J connectivity index is 0.000000638. The van der Waals surface area contributed by atoms with Crippen molar-refractivity contribution in [1.82, 2.24) is 19.4 Å². The number of likely N-dealkylation sites (N-methyl/N-ethyl adjacent to an activating group) is 1. The summed E-state index contributed by atoms with van der Waals surface area (Å²) in [5.41, 5.74) is 1.09. The lowest BCUT2D eigenvalue weighted by molar-refractivity contribution is -0.192. The van der Waals surface area contributed by atoms with E-state index in [1.165, 1.54) is 18.5 Å². The summed E-state index contributed by atoms with van der Waals surface area (Å²) in [4.78, 5) is 38.4. The van der Waals surface area contributed by atoms with Gasteiger partial charge < -0.3 is 20.2 Å². The van der Waals surface area contributed by atoms with E-state index in [9.17, 15) is 31.2 Å². The van der Waals surface area contributed by atoms with Gasteiger partial charge in [0.25, 0.3) is 10.0 Å². The summed E-state index contributed by atoms with van der Waals surface area (Å²) in [6.45, 7) is 4.55. The van der Waals surface area contributed by atoms with Crippen LogP contribution >= 0.6 is 11.6 Å². The van der Waals surface area contributed by atoms with E-state index in [0.29, 0.717) is 29.2 Å². The summed E-state index contributed by atoms with van der Waals surface area (Å²) in [5, 5.41) is 10.1. The van der Waals surface area contributed by atoms with Gasteiger partial charge in [0.2, 0.25) is 11.8 Å². The molecule has 2 heterocycles. The molecule has 2 atom stereocenters. The number of hydrogen-bond acceptors (Lipinski definition) is 6. The maximum atomic E-state index is 13.4. The van der Waals surface area contributed by atoms with Crippen LogP contribution < -0.4 is 5.32 Å². The zero-order valence-electron chi connectivity index (χ0n) is 21.2. The largest absolute Gasteiger partial charge is 0.490 e. The van der Waals surface area contributed by atoms with Crippen LogP contribution in [0.3, 0.4) is 0 Å². The molecule has 0 aromatic heterocycles. The smallest absolute Gasteiger partial charge is 0.475 e. The SMILES string of the molecule is Cc1cc(S(=O)(=O)N2C=CNC(=O)[C@H]2CC(=O)N2CCC[C@@H](N(C)C)C2)c(C)cc1Cl.O=C(O)C(F)(F)F. The number of likely N-dealkylation sites (tertiary alicyclic amines) is 1. The van der Waals surface area contributed by atoms with Crippen molar-refractivity contribution in [1.29, 1.82) is 0 Å². The molecule has 0 bridgehead atoms. The van der Waals surface area contributed by atoms with Crippen molar-refractivity contribution in [2.45, 2.75) is 56.3 Å². The topological polar surface area (TPSA) is 127 Å². The van der Waals surface area contributed by atoms with Crippen LogP contribution in [0.25, 0.3) is 0 Å². The third kappa shape index (κ3) is 7.60. The number of piperidine rings is 1. The van der Waals surface area contributed by atoms with Gasteiger partial charge in [0.05, 0.1) is 11.3 Å². The standard InChI is InChI=1S/C21H29ClN4O4S.C2HF3O2/c1-14-11-19(15(2)10-17(14)22)31(29,30)26-9-7-23-21(28)18(26)12-20(27)25-8-5-6-16(13-25)24(3)4;3-2(4,5)1(6)7/h7,9-11,16,18H,5-6,8,12-13H2,1-4H3,(H,23,28);(H,6,7)/t16-,18-;/m1./s1. The lowest BCUT2D eigenvalue weighted by Gasteiger charge is -2.38. The molecular weight excluding hydrogens is 553 g/mol. The predicted octanol–water partition coefficient (Wildman–Crippen LogP) is 2.49. The Labute approximate surface area is 224 Å². The van der Waals surface area contributed by atoms with Crippen LogP contribution in [0.4, 0.5) is 13.2 Å².